The highest BCUT2D eigenvalue weighted by atomic mass is 14.8. The zero-order valence-electron chi connectivity index (χ0n) is 23.2. The number of rotatable bonds is 4. The molecule has 1 aliphatic heterocycles. The van der Waals surface area contributed by atoms with Gasteiger partial charge in [0, 0.05) is 6.54 Å². The van der Waals surface area contributed by atoms with E-state index in [4.69, 9.17) is 0 Å². The Morgan fingerprint density at radius 2 is 0.881 bits per heavy atom. The highest BCUT2D eigenvalue weighted by Gasteiger charge is 2.19. The fourth-order valence-electron chi connectivity index (χ4n) is 6.63. The maximum absolute atomic E-state index is 3.33. The van der Waals surface area contributed by atoms with E-state index in [-0.39, 0.29) is 0 Å². The second kappa shape index (κ2) is 10.2. The van der Waals surface area contributed by atoms with Crippen molar-refractivity contribution >= 4 is 37.9 Å². The van der Waals surface area contributed by atoms with Crippen molar-refractivity contribution in [1.82, 2.24) is 5.32 Å². The number of nitrogens with one attached hydrogen (secondary N) is 1. The summed E-state index contributed by atoms with van der Waals surface area (Å²) < 4.78 is 0. The molecule has 0 atom stereocenters. The molecule has 0 spiro atoms. The normalized spacial score (nSPS) is 12.9. The summed E-state index contributed by atoms with van der Waals surface area (Å²) in [6.07, 6.45) is 6.26. The van der Waals surface area contributed by atoms with Crippen LogP contribution < -0.4 is 5.32 Å². The van der Waals surface area contributed by atoms with Crippen LogP contribution in [0.3, 0.4) is 0 Å². The largest absolute Gasteiger partial charge is 0.387 e. The van der Waals surface area contributed by atoms with Gasteiger partial charge in [0.1, 0.15) is 0 Å². The van der Waals surface area contributed by atoms with Crippen LogP contribution >= 0.6 is 0 Å². The van der Waals surface area contributed by atoms with E-state index in [1.54, 1.807) is 0 Å². The van der Waals surface area contributed by atoms with Gasteiger partial charge in [0.2, 0.25) is 0 Å². The van der Waals surface area contributed by atoms with Gasteiger partial charge in [-0.25, -0.2) is 0 Å². The van der Waals surface area contributed by atoms with E-state index in [9.17, 15) is 0 Å². The lowest BCUT2D eigenvalue weighted by Gasteiger charge is -2.20. The van der Waals surface area contributed by atoms with Gasteiger partial charge in [-0.3, -0.25) is 0 Å². The van der Waals surface area contributed by atoms with Gasteiger partial charge in [-0.2, -0.15) is 0 Å². The van der Waals surface area contributed by atoms with Crippen molar-refractivity contribution in [3.63, 3.8) is 0 Å². The van der Waals surface area contributed by atoms with Gasteiger partial charge in [0.05, 0.1) is 0 Å². The summed E-state index contributed by atoms with van der Waals surface area (Å²) in [6, 6.07) is 51.1. The van der Waals surface area contributed by atoms with Crippen molar-refractivity contribution in [2.75, 3.05) is 6.54 Å². The fraction of sp³-hybridized carbons (Fsp3) is 0.0244. The second-order valence-electron chi connectivity index (χ2n) is 10.9. The summed E-state index contributed by atoms with van der Waals surface area (Å²) in [7, 11) is 0. The molecule has 0 fully saturated rings. The van der Waals surface area contributed by atoms with Crippen LogP contribution in [0.1, 0.15) is 5.56 Å². The van der Waals surface area contributed by atoms with E-state index < -0.39 is 0 Å². The molecule has 1 nitrogen and oxygen atoms in total. The lowest BCUT2D eigenvalue weighted by molar-refractivity contribution is 0.986. The first-order valence-electron chi connectivity index (χ1n) is 14.6. The third-order valence-corrected chi connectivity index (χ3v) is 8.56. The predicted molar refractivity (Wildman–Crippen MR) is 180 cm³/mol. The highest BCUT2D eigenvalue weighted by Crippen LogP contribution is 2.46. The topological polar surface area (TPSA) is 12.0 Å². The zero-order chi connectivity index (χ0) is 27.9. The molecular weight excluding hydrogens is 506 g/mol. The van der Waals surface area contributed by atoms with Gasteiger partial charge in [0.25, 0.3) is 0 Å². The van der Waals surface area contributed by atoms with Crippen LogP contribution in [0, 0.1) is 0 Å². The zero-order valence-corrected chi connectivity index (χ0v) is 23.2. The molecule has 0 amide bonds. The Kier molecular flexibility index (Phi) is 5.93. The van der Waals surface area contributed by atoms with Crippen molar-refractivity contribution in [1.29, 1.82) is 0 Å². The minimum atomic E-state index is 0.855. The number of dihydropyridines is 1. The van der Waals surface area contributed by atoms with E-state index in [1.807, 2.05) is 6.20 Å². The molecule has 0 aliphatic carbocycles. The molecule has 0 saturated carbocycles. The van der Waals surface area contributed by atoms with Crippen molar-refractivity contribution in [3.05, 3.63) is 163 Å². The maximum Gasteiger partial charge on any atom is 0.0401 e. The number of hydrogen-bond donors (Lipinski definition) is 1. The molecule has 1 aliphatic rings. The van der Waals surface area contributed by atoms with E-state index in [2.05, 4.69) is 157 Å². The third-order valence-electron chi connectivity index (χ3n) is 8.56. The van der Waals surface area contributed by atoms with Crippen LogP contribution in [0.15, 0.2) is 158 Å². The molecule has 1 N–H and O–H groups in total. The Hall–Kier alpha value is -5.40. The first kappa shape index (κ1) is 24.4. The van der Waals surface area contributed by atoms with E-state index in [1.165, 1.54) is 76.8 Å². The molecule has 0 aromatic heterocycles. The molecule has 0 saturated heterocycles. The SMILES string of the molecule is C1=CNCC(c2ccc(-c3c4ccccc4c(-c4ccc(-c5ccccc5)c5ccccc45)c4ccccc34)cc2)=C1. The molecule has 0 radical (unpaired) electrons. The molecule has 0 bridgehead atoms. The number of allylic oxidation sites excluding steroid dienone is 2. The monoisotopic (exact) mass is 535 g/mol. The number of fused-ring (bicyclic) bond motifs is 3. The van der Waals surface area contributed by atoms with Crippen molar-refractivity contribution < 1.29 is 0 Å². The Morgan fingerprint density at radius 3 is 1.48 bits per heavy atom. The van der Waals surface area contributed by atoms with E-state index >= 15 is 0 Å². The second-order valence-corrected chi connectivity index (χ2v) is 10.9. The Balaban J connectivity index is 1.39. The Morgan fingerprint density at radius 1 is 0.381 bits per heavy atom. The molecule has 1 heteroatoms. The van der Waals surface area contributed by atoms with Gasteiger partial charge in [0.15, 0.2) is 0 Å². The maximum atomic E-state index is 3.33. The lowest BCUT2D eigenvalue weighted by Crippen LogP contribution is -2.11. The van der Waals surface area contributed by atoms with E-state index in [0.29, 0.717) is 0 Å². The molecule has 0 unspecified atom stereocenters. The van der Waals surface area contributed by atoms with Crippen LogP contribution in [-0.2, 0) is 0 Å². The first-order valence-corrected chi connectivity index (χ1v) is 14.6. The van der Waals surface area contributed by atoms with Gasteiger partial charge in [-0.1, -0.05) is 146 Å². The molecule has 1 heterocycles. The molecule has 42 heavy (non-hydrogen) atoms. The Labute approximate surface area is 246 Å². The van der Waals surface area contributed by atoms with Gasteiger partial charge in [-0.05, 0) is 89.1 Å². The van der Waals surface area contributed by atoms with Crippen LogP contribution in [0.25, 0.3) is 71.3 Å². The van der Waals surface area contributed by atoms with E-state index in [0.717, 1.165) is 6.54 Å². The van der Waals surface area contributed by atoms with Crippen LogP contribution in [0.5, 0.6) is 0 Å². The summed E-state index contributed by atoms with van der Waals surface area (Å²) in [6.45, 7) is 0.855. The van der Waals surface area contributed by atoms with Gasteiger partial charge >= 0.3 is 0 Å². The Bertz CT molecular complexity index is 2110. The minimum Gasteiger partial charge on any atom is -0.387 e. The molecule has 7 aromatic rings. The summed E-state index contributed by atoms with van der Waals surface area (Å²) >= 11 is 0. The first-order chi connectivity index (χ1) is 20.9. The smallest absolute Gasteiger partial charge is 0.0401 e. The number of benzene rings is 7. The molecule has 8 rings (SSSR count). The van der Waals surface area contributed by atoms with Crippen LogP contribution in [0.2, 0.25) is 0 Å². The standard InChI is InChI=1S/C41H29N/c1-2-11-29(12-3-1)32-24-25-39(34-15-5-4-14-33(32)34)41-37-18-8-6-16-35(37)40(36-17-7-9-19-38(36)41)30-22-20-28(21-23-30)31-13-10-26-42-27-31/h1-26,42H,27H2. The van der Waals surface area contributed by atoms with Gasteiger partial charge in [-0.15, -0.1) is 0 Å². The fourth-order valence-corrected chi connectivity index (χ4v) is 6.63. The van der Waals surface area contributed by atoms with Crippen LogP contribution in [0.4, 0.5) is 0 Å². The summed E-state index contributed by atoms with van der Waals surface area (Å²) in [5.74, 6) is 0. The molecule has 7 aromatic carbocycles. The molecular formula is C41H29N. The third kappa shape index (κ3) is 4.02. The predicted octanol–water partition coefficient (Wildman–Crippen LogP) is 10.6. The summed E-state index contributed by atoms with van der Waals surface area (Å²) in [4.78, 5) is 0. The summed E-state index contributed by atoms with van der Waals surface area (Å²) in [5.41, 5.74) is 10.2. The van der Waals surface area contributed by atoms with Crippen LogP contribution in [-0.4, -0.2) is 6.54 Å². The lowest BCUT2D eigenvalue weighted by atomic mass is 9.83. The molecule has 198 valence electrons. The van der Waals surface area contributed by atoms with Crippen molar-refractivity contribution in [2.24, 2.45) is 0 Å². The quantitative estimate of drug-likeness (QED) is 0.221. The highest BCUT2D eigenvalue weighted by molar-refractivity contribution is 6.24. The number of hydrogen-bond acceptors (Lipinski definition) is 1. The minimum absolute atomic E-state index is 0.855. The van der Waals surface area contributed by atoms with Crippen molar-refractivity contribution in [2.45, 2.75) is 0 Å². The summed E-state index contributed by atoms with van der Waals surface area (Å²) in [5, 5.41) is 11.0. The van der Waals surface area contributed by atoms with Gasteiger partial charge < -0.3 is 5.32 Å². The average molecular weight is 536 g/mol. The van der Waals surface area contributed by atoms with Crippen molar-refractivity contribution in [3.8, 4) is 33.4 Å². The average Bonchev–Trinajstić information content (AvgIpc) is 3.08.